The van der Waals surface area contributed by atoms with Gasteiger partial charge in [0.15, 0.2) is 10.9 Å². The van der Waals surface area contributed by atoms with Gasteiger partial charge in [-0.25, -0.2) is 9.97 Å². The van der Waals surface area contributed by atoms with Gasteiger partial charge in [-0.3, -0.25) is 4.79 Å². The maximum absolute atomic E-state index is 13.2. The first-order valence-corrected chi connectivity index (χ1v) is 9.21. The van der Waals surface area contributed by atoms with Crippen LogP contribution in [0.25, 0.3) is 0 Å². The maximum Gasteiger partial charge on any atom is 0.433 e. The van der Waals surface area contributed by atoms with Gasteiger partial charge in [0.05, 0.1) is 0 Å². The van der Waals surface area contributed by atoms with Crippen molar-refractivity contribution in [3.8, 4) is 0 Å². The Hall–Kier alpha value is -2.55. The SMILES string of the molecule is C=CC(=O)Nc1cccc(Nc2cc(C(F)(F)F)nc(SCC3CC3)n2)c1. The molecule has 0 bridgehead atoms. The Labute approximate surface area is 158 Å². The predicted molar refractivity (Wildman–Crippen MR) is 99.0 cm³/mol. The highest BCUT2D eigenvalue weighted by molar-refractivity contribution is 7.99. The molecule has 142 valence electrons. The number of anilines is 3. The first-order valence-electron chi connectivity index (χ1n) is 8.23. The van der Waals surface area contributed by atoms with Crippen LogP contribution in [0, 0.1) is 5.92 Å². The van der Waals surface area contributed by atoms with Gasteiger partial charge in [-0.05, 0) is 43.0 Å². The molecule has 5 nitrogen and oxygen atoms in total. The Morgan fingerprint density at radius 2 is 2.00 bits per heavy atom. The molecule has 27 heavy (non-hydrogen) atoms. The zero-order chi connectivity index (χ0) is 19.4. The van der Waals surface area contributed by atoms with Gasteiger partial charge < -0.3 is 10.6 Å². The second-order valence-corrected chi connectivity index (χ2v) is 7.06. The number of nitrogens with zero attached hydrogens (tertiary/aromatic N) is 2. The average molecular weight is 394 g/mol. The molecular formula is C18H17F3N4OS. The van der Waals surface area contributed by atoms with Crippen LogP contribution in [0.4, 0.5) is 30.4 Å². The van der Waals surface area contributed by atoms with E-state index in [1.54, 1.807) is 24.3 Å². The second kappa shape index (κ2) is 7.99. The number of carbonyl (C=O) groups is 1. The number of hydrogen-bond donors (Lipinski definition) is 2. The van der Waals surface area contributed by atoms with Crippen LogP contribution in [0.2, 0.25) is 0 Å². The van der Waals surface area contributed by atoms with Crippen molar-refractivity contribution in [1.29, 1.82) is 0 Å². The van der Waals surface area contributed by atoms with Gasteiger partial charge in [0.2, 0.25) is 5.91 Å². The summed E-state index contributed by atoms with van der Waals surface area (Å²) in [5.41, 5.74) is -0.0189. The Kier molecular flexibility index (Phi) is 5.69. The summed E-state index contributed by atoms with van der Waals surface area (Å²) in [5, 5.41) is 5.53. The van der Waals surface area contributed by atoms with Crippen LogP contribution < -0.4 is 10.6 Å². The van der Waals surface area contributed by atoms with Crippen molar-refractivity contribution in [3.05, 3.63) is 48.7 Å². The van der Waals surface area contributed by atoms with E-state index in [4.69, 9.17) is 0 Å². The van der Waals surface area contributed by atoms with E-state index in [1.807, 2.05) is 0 Å². The number of carbonyl (C=O) groups excluding carboxylic acids is 1. The van der Waals surface area contributed by atoms with Crippen molar-refractivity contribution in [1.82, 2.24) is 9.97 Å². The van der Waals surface area contributed by atoms with Gasteiger partial charge in [0.1, 0.15) is 5.82 Å². The fourth-order valence-corrected chi connectivity index (χ4v) is 3.24. The molecule has 2 N–H and O–H groups in total. The van der Waals surface area contributed by atoms with Gasteiger partial charge in [0.25, 0.3) is 0 Å². The quantitative estimate of drug-likeness (QED) is 0.399. The lowest BCUT2D eigenvalue weighted by molar-refractivity contribution is -0.141. The molecule has 2 aromatic rings. The molecule has 0 aliphatic heterocycles. The van der Waals surface area contributed by atoms with Crippen LogP contribution in [0.1, 0.15) is 18.5 Å². The van der Waals surface area contributed by atoms with Crippen molar-refractivity contribution < 1.29 is 18.0 Å². The fourth-order valence-electron chi connectivity index (χ4n) is 2.19. The average Bonchev–Trinajstić information content (AvgIpc) is 3.43. The lowest BCUT2D eigenvalue weighted by atomic mass is 10.2. The number of rotatable bonds is 7. The van der Waals surface area contributed by atoms with Gasteiger partial charge in [-0.2, -0.15) is 13.2 Å². The smallest absolute Gasteiger partial charge is 0.340 e. The number of amides is 1. The zero-order valence-electron chi connectivity index (χ0n) is 14.2. The number of aromatic nitrogens is 2. The van der Waals surface area contributed by atoms with Crippen LogP contribution in [-0.2, 0) is 11.0 Å². The monoisotopic (exact) mass is 394 g/mol. The molecule has 9 heteroatoms. The van der Waals surface area contributed by atoms with Crippen LogP contribution in [0.3, 0.4) is 0 Å². The summed E-state index contributed by atoms with van der Waals surface area (Å²) < 4.78 is 39.5. The zero-order valence-corrected chi connectivity index (χ0v) is 15.0. The molecule has 1 aliphatic carbocycles. The Morgan fingerprint density at radius 3 is 2.67 bits per heavy atom. The summed E-state index contributed by atoms with van der Waals surface area (Å²) in [6, 6.07) is 7.44. The van der Waals surface area contributed by atoms with Crippen LogP contribution in [0.5, 0.6) is 0 Å². The normalized spacial score (nSPS) is 13.9. The predicted octanol–water partition coefficient (Wildman–Crippen LogP) is 4.87. The molecule has 0 saturated heterocycles. The third-order valence-corrected chi connectivity index (χ3v) is 4.81. The third kappa shape index (κ3) is 5.72. The van der Waals surface area contributed by atoms with Gasteiger partial charge >= 0.3 is 6.18 Å². The summed E-state index contributed by atoms with van der Waals surface area (Å²) >= 11 is 1.23. The number of benzene rings is 1. The van der Waals surface area contributed by atoms with Gasteiger partial charge in [0, 0.05) is 23.2 Å². The third-order valence-electron chi connectivity index (χ3n) is 3.73. The van der Waals surface area contributed by atoms with Crippen LogP contribution >= 0.6 is 11.8 Å². The molecule has 1 heterocycles. The van der Waals surface area contributed by atoms with E-state index in [0.29, 0.717) is 23.0 Å². The summed E-state index contributed by atoms with van der Waals surface area (Å²) in [6.07, 6.45) is -1.24. The number of hydrogen-bond acceptors (Lipinski definition) is 5. The lowest BCUT2D eigenvalue weighted by Gasteiger charge is -2.12. The lowest BCUT2D eigenvalue weighted by Crippen LogP contribution is -2.11. The molecule has 1 aromatic carbocycles. The highest BCUT2D eigenvalue weighted by atomic mass is 32.2. The highest BCUT2D eigenvalue weighted by Gasteiger charge is 2.34. The molecule has 1 amide bonds. The van der Waals surface area contributed by atoms with Crippen molar-refractivity contribution in [2.45, 2.75) is 24.2 Å². The van der Waals surface area contributed by atoms with Gasteiger partial charge in [-0.1, -0.05) is 24.4 Å². The number of halogens is 3. The van der Waals surface area contributed by atoms with E-state index in [1.165, 1.54) is 11.8 Å². The molecule has 1 saturated carbocycles. The molecule has 1 fully saturated rings. The molecule has 3 rings (SSSR count). The van der Waals surface area contributed by atoms with Crippen molar-refractivity contribution in [2.75, 3.05) is 16.4 Å². The largest absolute Gasteiger partial charge is 0.433 e. The van der Waals surface area contributed by atoms with Crippen molar-refractivity contribution >= 4 is 34.9 Å². The summed E-state index contributed by atoms with van der Waals surface area (Å²) in [7, 11) is 0. The topological polar surface area (TPSA) is 66.9 Å². The van der Waals surface area contributed by atoms with Crippen molar-refractivity contribution in [3.63, 3.8) is 0 Å². The second-order valence-electron chi connectivity index (χ2n) is 6.07. The van der Waals surface area contributed by atoms with E-state index in [0.717, 1.165) is 25.0 Å². The Bertz CT molecular complexity index is 853. The van der Waals surface area contributed by atoms with E-state index in [2.05, 4.69) is 27.2 Å². The molecule has 0 atom stereocenters. The molecule has 1 aliphatic rings. The van der Waals surface area contributed by atoms with Gasteiger partial charge in [-0.15, -0.1) is 0 Å². The van der Waals surface area contributed by atoms with Crippen LogP contribution in [0.15, 0.2) is 48.1 Å². The molecular weight excluding hydrogens is 377 g/mol. The number of alkyl halides is 3. The van der Waals surface area contributed by atoms with E-state index in [9.17, 15) is 18.0 Å². The first-order chi connectivity index (χ1) is 12.8. The maximum atomic E-state index is 13.2. The molecule has 0 spiro atoms. The van der Waals surface area contributed by atoms with Crippen molar-refractivity contribution in [2.24, 2.45) is 5.92 Å². The Balaban J connectivity index is 1.82. The minimum atomic E-state index is -4.56. The minimum absolute atomic E-state index is 0.0443. The standard InChI is InChI=1S/C18H17F3N4OS/c1-2-16(26)23-13-5-3-4-12(8-13)22-15-9-14(18(19,20)21)24-17(25-15)27-10-11-6-7-11/h2-5,8-9,11H,1,6-7,10H2,(H,23,26)(H,22,24,25). The summed E-state index contributed by atoms with van der Waals surface area (Å²) in [4.78, 5) is 19.2. The first kappa shape index (κ1) is 19.2. The minimum Gasteiger partial charge on any atom is -0.340 e. The molecule has 1 aromatic heterocycles. The van der Waals surface area contributed by atoms with E-state index in [-0.39, 0.29) is 16.9 Å². The van der Waals surface area contributed by atoms with E-state index >= 15 is 0 Å². The molecule has 0 radical (unpaired) electrons. The van der Waals surface area contributed by atoms with Crippen LogP contribution in [-0.4, -0.2) is 21.6 Å². The number of thioether (sulfide) groups is 1. The van der Waals surface area contributed by atoms with E-state index < -0.39 is 11.9 Å². The highest BCUT2D eigenvalue weighted by Crippen LogP contribution is 2.36. The number of nitrogens with one attached hydrogen (secondary N) is 2. The summed E-state index contributed by atoms with van der Waals surface area (Å²) in [6.45, 7) is 3.37. The summed E-state index contributed by atoms with van der Waals surface area (Å²) in [5.74, 6) is 0.911. The molecule has 0 unspecified atom stereocenters. The Morgan fingerprint density at radius 1 is 1.26 bits per heavy atom. The fraction of sp³-hybridized carbons (Fsp3) is 0.278.